The van der Waals surface area contributed by atoms with Crippen LogP contribution in [0.1, 0.15) is 5.56 Å². The molecule has 5 heteroatoms. The first-order valence-electron chi connectivity index (χ1n) is 4.70. The molecule has 0 aliphatic heterocycles. The summed E-state index contributed by atoms with van der Waals surface area (Å²) in [6.07, 6.45) is 0. The summed E-state index contributed by atoms with van der Waals surface area (Å²) in [5.74, 6) is 1.41. The highest BCUT2D eigenvalue weighted by molar-refractivity contribution is 9.10. The summed E-state index contributed by atoms with van der Waals surface area (Å²) in [7, 11) is 4.82. The average Bonchev–Trinajstić information content (AvgIpc) is 2.28. The van der Waals surface area contributed by atoms with Crippen molar-refractivity contribution in [2.24, 2.45) is 0 Å². The summed E-state index contributed by atoms with van der Waals surface area (Å²) in [4.78, 5) is 0. The Bertz CT molecular complexity index is 341. The molecule has 0 atom stereocenters. The number of benzene rings is 1. The van der Waals surface area contributed by atoms with Crippen molar-refractivity contribution in [2.75, 3.05) is 28.1 Å². The Morgan fingerprint density at radius 1 is 1.06 bits per heavy atom. The van der Waals surface area contributed by atoms with Crippen LogP contribution in [0.15, 0.2) is 16.6 Å². The van der Waals surface area contributed by atoms with Crippen LogP contribution in [0.2, 0.25) is 0 Å². The molecule has 0 aliphatic rings. The van der Waals surface area contributed by atoms with Crippen LogP contribution in [0.5, 0.6) is 11.5 Å². The van der Waals surface area contributed by atoms with E-state index in [-0.39, 0.29) is 6.79 Å². The standard InChI is InChI=1S/C11H15BrO4/c1-13-6-8-4-9(12)11(15-3)5-10(8)16-7-14-2/h4-5H,6-7H2,1-3H3. The van der Waals surface area contributed by atoms with Gasteiger partial charge in [0.2, 0.25) is 0 Å². The van der Waals surface area contributed by atoms with Crippen molar-refractivity contribution in [3.8, 4) is 11.5 Å². The molecule has 0 aromatic heterocycles. The van der Waals surface area contributed by atoms with Crippen molar-refractivity contribution < 1.29 is 18.9 Å². The first-order chi connectivity index (χ1) is 7.72. The highest BCUT2D eigenvalue weighted by atomic mass is 79.9. The Morgan fingerprint density at radius 3 is 2.38 bits per heavy atom. The highest BCUT2D eigenvalue weighted by Gasteiger charge is 2.10. The third-order valence-corrected chi connectivity index (χ3v) is 2.59. The monoisotopic (exact) mass is 290 g/mol. The quantitative estimate of drug-likeness (QED) is 0.755. The lowest BCUT2D eigenvalue weighted by Crippen LogP contribution is -2.03. The summed E-state index contributed by atoms with van der Waals surface area (Å²) >= 11 is 3.41. The van der Waals surface area contributed by atoms with E-state index in [0.717, 1.165) is 10.0 Å². The van der Waals surface area contributed by atoms with E-state index in [0.29, 0.717) is 18.1 Å². The summed E-state index contributed by atoms with van der Waals surface area (Å²) in [6.45, 7) is 0.670. The van der Waals surface area contributed by atoms with Crippen LogP contribution >= 0.6 is 15.9 Å². The number of rotatable bonds is 6. The van der Waals surface area contributed by atoms with Crippen LogP contribution in [0, 0.1) is 0 Å². The van der Waals surface area contributed by atoms with Gasteiger partial charge in [0.05, 0.1) is 18.2 Å². The fraction of sp³-hybridized carbons (Fsp3) is 0.455. The second-order valence-electron chi connectivity index (χ2n) is 3.08. The Hall–Kier alpha value is -0.780. The van der Waals surface area contributed by atoms with Gasteiger partial charge < -0.3 is 18.9 Å². The molecule has 0 saturated heterocycles. The zero-order valence-corrected chi connectivity index (χ0v) is 11.2. The summed E-state index contributed by atoms with van der Waals surface area (Å²) in [5.41, 5.74) is 0.937. The van der Waals surface area contributed by atoms with E-state index in [4.69, 9.17) is 18.9 Å². The number of hydrogen-bond donors (Lipinski definition) is 0. The lowest BCUT2D eigenvalue weighted by Gasteiger charge is -2.13. The van der Waals surface area contributed by atoms with Crippen molar-refractivity contribution in [3.05, 3.63) is 22.2 Å². The molecule has 0 radical (unpaired) electrons. The van der Waals surface area contributed by atoms with Gasteiger partial charge in [-0.2, -0.15) is 0 Å². The molecule has 0 amide bonds. The second kappa shape index (κ2) is 6.73. The number of hydrogen-bond acceptors (Lipinski definition) is 4. The Kier molecular flexibility index (Phi) is 5.59. The van der Waals surface area contributed by atoms with Crippen LogP contribution in [0.25, 0.3) is 0 Å². The molecule has 0 aliphatic carbocycles. The normalized spacial score (nSPS) is 10.2. The summed E-state index contributed by atoms with van der Waals surface area (Å²) in [6, 6.07) is 3.71. The lowest BCUT2D eigenvalue weighted by atomic mass is 10.2. The van der Waals surface area contributed by atoms with Gasteiger partial charge in [0, 0.05) is 25.8 Å². The topological polar surface area (TPSA) is 36.9 Å². The van der Waals surface area contributed by atoms with E-state index in [2.05, 4.69) is 15.9 Å². The number of methoxy groups -OCH3 is 3. The molecular weight excluding hydrogens is 276 g/mol. The van der Waals surface area contributed by atoms with Gasteiger partial charge in [0.15, 0.2) is 6.79 Å². The summed E-state index contributed by atoms with van der Waals surface area (Å²) < 4.78 is 21.5. The third kappa shape index (κ3) is 3.37. The van der Waals surface area contributed by atoms with Crippen LogP contribution in [0.4, 0.5) is 0 Å². The van der Waals surface area contributed by atoms with Gasteiger partial charge in [-0.15, -0.1) is 0 Å². The molecule has 0 heterocycles. The molecular formula is C11H15BrO4. The first kappa shape index (κ1) is 13.3. The number of halogens is 1. The van der Waals surface area contributed by atoms with Crippen molar-refractivity contribution in [1.82, 2.24) is 0 Å². The molecule has 0 saturated carbocycles. The van der Waals surface area contributed by atoms with Crippen molar-refractivity contribution in [3.63, 3.8) is 0 Å². The maximum absolute atomic E-state index is 5.43. The molecule has 0 fully saturated rings. The molecule has 0 bridgehead atoms. The zero-order valence-electron chi connectivity index (χ0n) is 9.58. The Labute approximate surface area is 104 Å². The highest BCUT2D eigenvalue weighted by Crippen LogP contribution is 2.33. The molecule has 1 rings (SSSR count). The third-order valence-electron chi connectivity index (χ3n) is 1.97. The molecule has 16 heavy (non-hydrogen) atoms. The van der Waals surface area contributed by atoms with Gasteiger partial charge in [0.25, 0.3) is 0 Å². The summed E-state index contributed by atoms with van der Waals surface area (Å²) in [5, 5.41) is 0. The fourth-order valence-corrected chi connectivity index (χ4v) is 1.81. The first-order valence-corrected chi connectivity index (χ1v) is 5.49. The molecule has 1 aromatic carbocycles. The second-order valence-corrected chi connectivity index (χ2v) is 3.93. The van der Waals surface area contributed by atoms with E-state index in [1.165, 1.54) is 0 Å². The maximum Gasteiger partial charge on any atom is 0.188 e. The van der Waals surface area contributed by atoms with Gasteiger partial charge in [-0.3, -0.25) is 0 Å². The predicted molar refractivity (Wildman–Crippen MR) is 63.9 cm³/mol. The zero-order chi connectivity index (χ0) is 12.0. The minimum absolute atomic E-state index is 0.196. The molecule has 0 N–H and O–H groups in total. The van der Waals surface area contributed by atoms with Crippen LogP contribution in [-0.4, -0.2) is 28.1 Å². The maximum atomic E-state index is 5.43. The molecule has 90 valence electrons. The van der Waals surface area contributed by atoms with Crippen molar-refractivity contribution >= 4 is 15.9 Å². The van der Waals surface area contributed by atoms with E-state index in [9.17, 15) is 0 Å². The predicted octanol–water partition coefficient (Wildman–Crippen LogP) is 2.59. The number of ether oxygens (including phenoxy) is 4. The van der Waals surface area contributed by atoms with E-state index in [1.807, 2.05) is 6.07 Å². The fourth-order valence-electron chi connectivity index (χ4n) is 1.26. The van der Waals surface area contributed by atoms with Gasteiger partial charge in [-0.05, 0) is 22.0 Å². The average molecular weight is 291 g/mol. The molecule has 0 spiro atoms. The molecule has 4 nitrogen and oxygen atoms in total. The minimum atomic E-state index is 0.196. The van der Waals surface area contributed by atoms with Crippen molar-refractivity contribution in [1.29, 1.82) is 0 Å². The van der Waals surface area contributed by atoms with Crippen LogP contribution < -0.4 is 9.47 Å². The van der Waals surface area contributed by atoms with E-state index < -0.39 is 0 Å². The van der Waals surface area contributed by atoms with Crippen molar-refractivity contribution in [2.45, 2.75) is 6.61 Å². The Morgan fingerprint density at radius 2 is 1.81 bits per heavy atom. The molecule has 1 aromatic rings. The minimum Gasteiger partial charge on any atom is -0.495 e. The van der Waals surface area contributed by atoms with E-state index >= 15 is 0 Å². The van der Waals surface area contributed by atoms with Crippen LogP contribution in [-0.2, 0) is 16.1 Å². The Balaban J connectivity index is 2.99. The van der Waals surface area contributed by atoms with Gasteiger partial charge in [-0.25, -0.2) is 0 Å². The molecule has 0 unspecified atom stereocenters. The van der Waals surface area contributed by atoms with Gasteiger partial charge in [-0.1, -0.05) is 0 Å². The SMILES string of the molecule is COCOc1cc(OC)c(Br)cc1COC. The largest absolute Gasteiger partial charge is 0.495 e. The smallest absolute Gasteiger partial charge is 0.188 e. The van der Waals surface area contributed by atoms with Gasteiger partial charge in [0.1, 0.15) is 11.5 Å². The van der Waals surface area contributed by atoms with E-state index in [1.54, 1.807) is 27.4 Å². The van der Waals surface area contributed by atoms with Crippen LogP contribution in [0.3, 0.4) is 0 Å². The van der Waals surface area contributed by atoms with Gasteiger partial charge >= 0.3 is 0 Å². The lowest BCUT2D eigenvalue weighted by molar-refractivity contribution is 0.0487.